The second-order valence-corrected chi connectivity index (χ2v) is 11.1. The first-order valence-corrected chi connectivity index (χ1v) is 13.4. The standard InChI is InChI=1S/C31H33F5N2O3/c1-29(2,40)19-41-27-17-21(12-13-26(27)33)30(18-20-8-4-3-5-9-20,38-28(39)37-25-10-6-7-11-25)22-14-23(31(34,35)36)16-24(32)15-22/h3-5,8-9,12-17,25,40H,6-7,10-11,18-19H2,1-2H3,(H2,37,38,39)/t30-/m1/s1. The fraction of sp³-hybridized carbons (Fsp3) is 0.387. The van der Waals surface area contributed by atoms with Gasteiger partial charge >= 0.3 is 12.2 Å². The molecule has 3 aromatic carbocycles. The molecule has 0 heterocycles. The largest absolute Gasteiger partial charge is 0.488 e. The summed E-state index contributed by atoms with van der Waals surface area (Å²) >= 11 is 0. The molecule has 1 aliphatic rings. The molecule has 4 rings (SSSR count). The summed E-state index contributed by atoms with van der Waals surface area (Å²) in [4.78, 5) is 13.5. The van der Waals surface area contributed by atoms with E-state index in [1.807, 2.05) is 0 Å². The van der Waals surface area contributed by atoms with E-state index in [2.05, 4.69) is 10.6 Å². The first-order valence-electron chi connectivity index (χ1n) is 13.4. The molecule has 0 bridgehead atoms. The van der Waals surface area contributed by atoms with Crippen LogP contribution in [0.5, 0.6) is 5.75 Å². The topological polar surface area (TPSA) is 70.6 Å². The van der Waals surface area contributed by atoms with Gasteiger partial charge in [0.05, 0.1) is 16.7 Å². The van der Waals surface area contributed by atoms with Crippen molar-refractivity contribution in [3.05, 3.63) is 101 Å². The monoisotopic (exact) mass is 576 g/mol. The third-order valence-corrected chi connectivity index (χ3v) is 7.05. The highest BCUT2D eigenvalue weighted by atomic mass is 19.4. The lowest BCUT2D eigenvalue weighted by Gasteiger charge is -2.37. The number of benzene rings is 3. The number of carbonyl (C=O) groups is 1. The van der Waals surface area contributed by atoms with Crippen LogP contribution in [-0.4, -0.2) is 29.4 Å². The summed E-state index contributed by atoms with van der Waals surface area (Å²) in [7, 11) is 0. The van der Waals surface area contributed by atoms with E-state index in [1.54, 1.807) is 30.3 Å². The van der Waals surface area contributed by atoms with Crippen molar-refractivity contribution in [2.24, 2.45) is 0 Å². The molecule has 1 fully saturated rings. The van der Waals surface area contributed by atoms with Crippen LogP contribution in [0.4, 0.5) is 26.7 Å². The number of aliphatic hydroxyl groups is 1. The predicted octanol–water partition coefficient (Wildman–Crippen LogP) is 6.86. The Balaban J connectivity index is 1.92. The Hall–Kier alpha value is -3.66. The number of amides is 2. The van der Waals surface area contributed by atoms with Crippen molar-refractivity contribution < 1.29 is 36.6 Å². The fourth-order valence-electron chi connectivity index (χ4n) is 5.08. The Morgan fingerprint density at radius 3 is 2.22 bits per heavy atom. The van der Waals surface area contributed by atoms with E-state index in [0.717, 1.165) is 43.9 Å². The molecule has 0 aromatic heterocycles. The Bertz CT molecular complexity index is 1350. The van der Waals surface area contributed by atoms with Crippen LogP contribution in [0.1, 0.15) is 61.8 Å². The number of alkyl halides is 3. The number of hydrogen-bond donors (Lipinski definition) is 3. The first kappa shape index (κ1) is 30.3. The second kappa shape index (κ2) is 12.1. The van der Waals surface area contributed by atoms with Crippen molar-refractivity contribution in [2.75, 3.05) is 6.61 Å². The summed E-state index contributed by atoms with van der Waals surface area (Å²) in [6.45, 7) is 2.65. The van der Waals surface area contributed by atoms with Crippen LogP contribution >= 0.6 is 0 Å². The molecule has 220 valence electrons. The van der Waals surface area contributed by atoms with Crippen molar-refractivity contribution >= 4 is 6.03 Å². The Morgan fingerprint density at radius 1 is 0.927 bits per heavy atom. The summed E-state index contributed by atoms with van der Waals surface area (Å²) in [5.74, 6) is -2.21. The van der Waals surface area contributed by atoms with Crippen molar-refractivity contribution in [2.45, 2.75) is 69.3 Å². The molecule has 0 saturated heterocycles. The molecule has 1 aliphatic carbocycles. The predicted molar refractivity (Wildman–Crippen MR) is 144 cm³/mol. The number of nitrogens with one attached hydrogen (secondary N) is 2. The van der Waals surface area contributed by atoms with Crippen molar-refractivity contribution in [3.63, 3.8) is 0 Å². The normalized spacial score (nSPS) is 15.8. The average molecular weight is 577 g/mol. The molecule has 10 heteroatoms. The quantitative estimate of drug-likeness (QED) is 0.244. The second-order valence-electron chi connectivity index (χ2n) is 11.1. The van der Waals surface area contributed by atoms with E-state index in [-0.39, 0.29) is 35.9 Å². The van der Waals surface area contributed by atoms with Gasteiger partial charge in [-0.25, -0.2) is 13.6 Å². The van der Waals surface area contributed by atoms with Gasteiger partial charge in [-0.3, -0.25) is 0 Å². The van der Waals surface area contributed by atoms with Gasteiger partial charge in [0.2, 0.25) is 0 Å². The average Bonchev–Trinajstić information content (AvgIpc) is 3.40. The Labute approximate surface area is 235 Å². The molecule has 0 spiro atoms. The fourth-order valence-corrected chi connectivity index (χ4v) is 5.08. The smallest absolute Gasteiger partial charge is 0.416 e. The van der Waals surface area contributed by atoms with Gasteiger partial charge in [-0.05, 0) is 73.7 Å². The van der Waals surface area contributed by atoms with E-state index in [1.165, 1.54) is 26.0 Å². The van der Waals surface area contributed by atoms with E-state index in [9.17, 15) is 31.9 Å². The summed E-state index contributed by atoms with van der Waals surface area (Å²) in [5, 5.41) is 15.8. The third-order valence-electron chi connectivity index (χ3n) is 7.05. The van der Waals surface area contributed by atoms with Gasteiger partial charge in [-0.1, -0.05) is 49.2 Å². The number of rotatable bonds is 9. The SMILES string of the molecule is CC(C)(O)COc1cc([C@@](Cc2ccccc2)(NC(=O)NC2CCCC2)c2cc(F)cc(C(F)(F)F)c2)ccc1F. The molecule has 0 radical (unpaired) electrons. The van der Waals surface area contributed by atoms with E-state index < -0.39 is 40.5 Å². The molecule has 2 amide bonds. The maximum atomic E-state index is 14.9. The Morgan fingerprint density at radius 2 is 1.59 bits per heavy atom. The minimum atomic E-state index is -4.87. The maximum Gasteiger partial charge on any atom is 0.416 e. The molecule has 1 atom stereocenters. The number of ether oxygens (including phenoxy) is 1. The Kier molecular flexibility index (Phi) is 8.91. The highest BCUT2D eigenvalue weighted by molar-refractivity contribution is 5.76. The molecular formula is C31H33F5N2O3. The van der Waals surface area contributed by atoms with E-state index >= 15 is 0 Å². The van der Waals surface area contributed by atoms with Crippen LogP contribution in [0.3, 0.4) is 0 Å². The van der Waals surface area contributed by atoms with Crippen LogP contribution in [-0.2, 0) is 18.1 Å². The number of halogens is 5. The molecule has 3 aromatic rings. The number of hydrogen-bond acceptors (Lipinski definition) is 3. The van der Waals surface area contributed by atoms with Crippen molar-refractivity contribution in [1.82, 2.24) is 10.6 Å². The van der Waals surface area contributed by atoms with Gasteiger partial charge in [-0.15, -0.1) is 0 Å². The summed E-state index contributed by atoms with van der Waals surface area (Å²) in [6.07, 6.45) is -1.60. The lowest BCUT2D eigenvalue weighted by atomic mass is 9.77. The first-order chi connectivity index (χ1) is 19.2. The molecule has 3 N–H and O–H groups in total. The summed E-state index contributed by atoms with van der Waals surface area (Å²) in [5.41, 5.74) is -3.73. The zero-order chi connectivity index (χ0) is 29.8. The number of urea groups is 1. The van der Waals surface area contributed by atoms with Crippen molar-refractivity contribution in [1.29, 1.82) is 0 Å². The van der Waals surface area contributed by atoms with Crippen LogP contribution < -0.4 is 15.4 Å². The summed E-state index contributed by atoms with van der Waals surface area (Å²) < 4.78 is 76.9. The van der Waals surface area contributed by atoms with Gasteiger partial charge in [0, 0.05) is 12.5 Å². The lowest BCUT2D eigenvalue weighted by molar-refractivity contribution is -0.137. The van der Waals surface area contributed by atoms with Gasteiger partial charge in [0.25, 0.3) is 0 Å². The van der Waals surface area contributed by atoms with E-state index in [0.29, 0.717) is 11.6 Å². The minimum Gasteiger partial charge on any atom is -0.488 e. The molecule has 0 aliphatic heterocycles. The van der Waals surface area contributed by atoms with Crippen LogP contribution in [0.25, 0.3) is 0 Å². The minimum absolute atomic E-state index is 0.0940. The van der Waals surface area contributed by atoms with Crippen molar-refractivity contribution in [3.8, 4) is 5.75 Å². The highest BCUT2D eigenvalue weighted by Crippen LogP contribution is 2.40. The van der Waals surface area contributed by atoms with Crippen LogP contribution in [0, 0.1) is 11.6 Å². The molecule has 1 saturated carbocycles. The van der Waals surface area contributed by atoms with Gasteiger partial charge < -0.3 is 20.5 Å². The highest BCUT2D eigenvalue weighted by Gasteiger charge is 2.41. The third kappa shape index (κ3) is 7.75. The van der Waals surface area contributed by atoms with Crippen LogP contribution in [0.15, 0.2) is 66.7 Å². The molecule has 5 nitrogen and oxygen atoms in total. The van der Waals surface area contributed by atoms with Crippen LogP contribution in [0.2, 0.25) is 0 Å². The zero-order valence-electron chi connectivity index (χ0n) is 22.8. The van der Waals surface area contributed by atoms with Gasteiger partial charge in [0.15, 0.2) is 11.6 Å². The molecular weight excluding hydrogens is 543 g/mol. The summed E-state index contributed by atoms with van der Waals surface area (Å²) in [6, 6.07) is 13.7. The zero-order valence-corrected chi connectivity index (χ0v) is 22.8. The number of carbonyl (C=O) groups excluding carboxylic acids is 1. The van der Waals surface area contributed by atoms with Gasteiger partial charge in [-0.2, -0.15) is 13.2 Å². The van der Waals surface area contributed by atoms with E-state index in [4.69, 9.17) is 4.74 Å². The lowest BCUT2D eigenvalue weighted by Crippen LogP contribution is -2.53. The molecule has 0 unspecified atom stereocenters. The van der Waals surface area contributed by atoms with Gasteiger partial charge in [0.1, 0.15) is 12.4 Å². The molecule has 41 heavy (non-hydrogen) atoms. The maximum absolute atomic E-state index is 14.9.